The maximum atomic E-state index is 12.3. The first-order valence-electron chi connectivity index (χ1n) is 7.14. The lowest BCUT2D eigenvalue weighted by molar-refractivity contribution is 0.189. The van der Waals surface area contributed by atoms with Crippen LogP contribution in [0.1, 0.15) is 31.9 Å². The van der Waals surface area contributed by atoms with Crippen LogP contribution in [0.4, 0.5) is 10.6 Å². The van der Waals surface area contributed by atoms with E-state index < -0.39 is 0 Å². The van der Waals surface area contributed by atoms with E-state index >= 15 is 0 Å². The molecule has 1 N–H and O–H groups in total. The number of hydrogen-bond acceptors (Lipinski definition) is 3. The number of likely N-dealkylation sites (tertiary alicyclic amines) is 1. The van der Waals surface area contributed by atoms with Crippen LogP contribution in [0.3, 0.4) is 0 Å². The number of carbonyl (C=O) groups is 1. The molecule has 20 heavy (non-hydrogen) atoms. The Labute approximate surface area is 119 Å². The fourth-order valence-corrected chi connectivity index (χ4v) is 2.48. The summed E-state index contributed by atoms with van der Waals surface area (Å²) in [7, 11) is 0. The summed E-state index contributed by atoms with van der Waals surface area (Å²) in [4.78, 5) is 14.0. The van der Waals surface area contributed by atoms with Crippen molar-refractivity contribution >= 4 is 11.8 Å². The standard InChI is InChI=1S/C14H21N5O/c1-3-6-19-13(8-11(2)17-19)16-14(20)18-7-4-5-12(9-15)10-18/h8,12H,3-7,10H2,1-2H3,(H,16,20). The van der Waals surface area contributed by atoms with Gasteiger partial charge in [-0.05, 0) is 26.2 Å². The molecule has 1 saturated heterocycles. The van der Waals surface area contributed by atoms with Crippen LogP contribution < -0.4 is 5.32 Å². The predicted molar refractivity (Wildman–Crippen MR) is 76.2 cm³/mol. The normalized spacial score (nSPS) is 18.6. The maximum Gasteiger partial charge on any atom is 0.323 e. The lowest BCUT2D eigenvalue weighted by atomic mass is 10.0. The lowest BCUT2D eigenvalue weighted by Crippen LogP contribution is -2.42. The Kier molecular flexibility index (Phi) is 4.61. The monoisotopic (exact) mass is 275 g/mol. The second-order valence-corrected chi connectivity index (χ2v) is 5.24. The van der Waals surface area contributed by atoms with Gasteiger partial charge in [0.1, 0.15) is 5.82 Å². The van der Waals surface area contributed by atoms with E-state index in [2.05, 4.69) is 23.4 Å². The van der Waals surface area contributed by atoms with Gasteiger partial charge in [0.2, 0.25) is 0 Å². The molecule has 1 aromatic heterocycles. The molecule has 2 heterocycles. The van der Waals surface area contributed by atoms with Crippen LogP contribution in [0.5, 0.6) is 0 Å². The number of rotatable bonds is 3. The van der Waals surface area contributed by atoms with Crippen LogP contribution in [-0.2, 0) is 6.54 Å². The minimum absolute atomic E-state index is 0.0446. The summed E-state index contributed by atoms with van der Waals surface area (Å²) >= 11 is 0. The van der Waals surface area contributed by atoms with E-state index in [0.29, 0.717) is 13.1 Å². The molecule has 1 aliphatic heterocycles. The van der Waals surface area contributed by atoms with E-state index in [4.69, 9.17) is 5.26 Å². The van der Waals surface area contributed by atoms with E-state index in [1.165, 1.54) is 0 Å². The van der Waals surface area contributed by atoms with Crippen molar-refractivity contribution in [1.82, 2.24) is 14.7 Å². The minimum Gasteiger partial charge on any atom is -0.323 e. The van der Waals surface area contributed by atoms with E-state index in [1.54, 1.807) is 4.90 Å². The van der Waals surface area contributed by atoms with Gasteiger partial charge in [-0.25, -0.2) is 9.48 Å². The fourth-order valence-electron chi connectivity index (χ4n) is 2.48. The molecule has 0 radical (unpaired) electrons. The summed E-state index contributed by atoms with van der Waals surface area (Å²) in [6.07, 6.45) is 2.73. The Morgan fingerprint density at radius 1 is 1.65 bits per heavy atom. The number of nitrogens with one attached hydrogen (secondary N) is 1. The molecule has 1 aromatic rings. The van der Waals surface area contributed by atoms with E-state index in [9.17, 15) is 4.79 Å². The van der Waals surface area contributed by atoms with Gasteiger partial charge in [0.25, 0.3) is 0 Å². The molecule has 0 bridgehead atoms. The van der Waals surface area contributed by atoms with Gasteiger partial charge in [-0.1, -0.05) is 6.92 Å². The molecule has 108 valence electrons. The molecule has 1 unspecified atom stereocenters. The second kappa shape index (κ2) is 6.42. The fraction of sp³-hybridized carbons (Fsp3) is 0.643. The van der Waals surface area contributed by atoms with Gasteiger partial charge < -0.3 is 4.90 Å². The van der Waals surface area contributed by atoms with Crippen molar-refractivity contribution < 1.29 is 4.79 Å². The van der Waals surface area contributed by atoms with Crippen LogP contribution in [0.25, 0.3) is 0 Å². The molecule has 0 aromatic carbocycles. The van der Waals surface area contributed by atoms with Gasteiger partial charge in [0.05, 0.1) is 17.7 Å². The molecule has 1 aliphatic rings. The van der Waals surface area contributed by atoms with Gasteiger partial charge in [0.15, 0.2) is 0 Å². The summed E-state index contributed by atoms with van der Waals surface area (Å²) in [5.74, 6) is 0.685. The van der Waals surface area contributed by atoms with Crippen molar-refractivity contribution in [3.05, 3.63) is 11.8 Å². The van der Waals surface area contributed by atoms with Crippen molar-refractivity contribution in [2.75, 3.05) is 18.4 Å². The SMILES string of the molecule is CCCn1nc(C)cc1NC(=O)N1CCCC(C#N)C1. The van der Waals surface area contributed by atoms with E-state index in [0.717, 1.165) is 37.3 Å². The van der Waals surface area contributed by atoms with E-state index in [-0.39, 0.29) is 11.9 Å². The third-order valence-electron chi connectivity index (χ3n) is 3.46. The molecule has 2 rings (SSSR count). The number of nitriles is 1. The molecule has 0 aliphatic carbocycles. The Balaban J connectivity index is 2.02. The molecule has 2 amide bonds. The predicted octanol–water partition coefficient (Wildman–Crippen LogP) is 2.37. The van der Waals surface area contributed by atoms with Gasteiger partial charge >= 0.3 is 6.03 Å². The number of aromatic nitrogens is 2. The van der Waals surface area contributed by atoms with Crippen LogP contribution >= 0.6 is 0 Å². The highest BCUT2D eigenvalue weighted by atomic mass is 16.2. The zero-order valence-corrected chi connectivity index (χ0v) is 12.1. The largest absolute Gasteiger partial charge is 0.323 e. The van der Waals surface area contributed by atoms with Crippen molar-refractivity contribution in [3.8, 4) is 6.07 Å². The minimum atomic E-state index is -0.137. The maximum absolute atomic E-state index is 12.3. The Bertz CT molecular complexity index is 516. The quantitative estimate of drug-likeness (QED) is 0.920. The molecule has 0 saturated carbocycles. The van der Waals surface area contributed by atoms with Crippen LogP contribution in [0.2, 0.25) is 0 Å². The highest BCUT2D eigenvalue weighted by Crippen LogP contribution is 2.17. The van der Waals surface area contributed by atoms with Gasteiger partial charge in [-0.15, -0.1) is 0 Å². The second-order valence-electron chi connectivity index (χ2n) is 5.24. The summed E-state index contributed by atoms with van der Waals surface area (Å²) in [6, 6.07) is 3.99. The number of anilines is 1. The van der Waals surface area contributed by atoms with Crippen LogP contribution in [0.15, 0.2) is 6.07 Å². The smallest absolute Gasteiger partial charge is 0.323 e. The van der Waals surface area contributed by atoms with Crippen molar-refractivity contribution in [2.24, 2.45) is 5.92 Å². The van der Waals surface area contributed by atoms with Crippen molar-refractivity contribution in [2.45, 2.75) is 39.7 Å². The number of aryl methyl sites for hydroxylation is 2. The zero-order valence-electron chi connectivity index (χ0n) is 12.1. The Hall–Kier alpha value is -2.03. The molecular formula is C14H21N5O. The number of hydrogen-bond donors (Lipinski definition) is 1. The zero-order chi connectivity index (χ0) is 14.5. The third-order valence-corrected chi connectivity index (χ3v) is 3.46. The molecule has 6 heteroatoms. The summed E-state index contributed by atoms with van der Waals surface area (Å²) in [6.45, 7) is 6.00. The van der Waals surface area contributed by atoms with Gasteiger partial charge in [-0.3, -0.25) is 5.32 Å². The Morgan fingerprint density at radius 2 is 2.45 bits per heavy atom. The molecule has 0 spiro atoms. The highest BCUT2D eigenvalue weighted by Gasteiger charge is 2.24. The van der Waals surface area contributed by atoms with E-state index in [1.807, 2.05) is 17.7 Å². The number of carbonyl (C=O) groups excluding carboxylic acids is 1. The summed E-state index contributed by atoms with van der Waals surface area (Å²) < 4.78 is 1.82. The molecule has 1 fully saturated rings. The van der Waals surface area contributed by atoms with Crippen molar-refractivity contribution in [1.29, 1.82) is 5.26 Å². The molecule has 1 atom stereocenters. The van der Waals surface area contributed by atoms with Crippen molar-refractivity contribution in [3.63, 3.8) is 0 Å². The van der Waals surface area contributed by atoms with Crippen LogP contribution in [-0.4, -0.2) is 33.8 Å². The first-order chi connectivity index (χ1) is 9.63. The third kappa shape index (κ3) is 3.29. The van der Waals surface area contributed by atoms with Crippen LogP contribution in [0, 0.1) is 24.2 Å². The Morgan fingerprint density at radius 3 is 3.15 bits per heavy atom. The summed E-state index contributed by atoms with van der Waals surface area (Å²) in [5.41, 5.74) is 0.891. The molecular weight excluding hydrogens is 254 g/mol. The topological polar surface area (TPSA) is 74.0 Å². The average Bonchev–Trinajstić information content (AvgIpc) is 2.79. The highest BCUT2D eigenvalue weighted by molar-refractivity contribution is 5.88. The van der Waals surface area contributed by atoms with Gasteiger partial charge in [0, 0.05) is 25.7 Å². The van der Waals surface area contributed by atoms with Gasteiger partial charge in [-0.2, -0.15) is 10.4 Å². The number of nitrogens with zero attached hydrogens (tertiary/aromatic N) is 4. The first kappa shape index (κ1) is 14.4. The average molecular weight is 275 g/mol. The summed E-state index contributed by atoms with van der Waals surface area (Å²) in [5, 5.41) is 16.2. The number of urea groups is 1. The number of piperidine rings is 1. The molecule has 6 nitrogen and oxygen atoms in total. The first-order valence-corrected chi connectivity index (χ1v) is 7.14. The number of amides is 2. The lowest BCUT2D eigenvalue weighted by Gasteiger charge is -2.29.